The molecule has 0 radical (unpaired) electrons. The third-order valence-corrected chi connectivity index (χ3v) is 5.54. The predicted octanol–water partition coefficient (Wildman–Crippen LogP) is 7.36. The number of carbonyl (C=O) groups is 2. The number of anilines is 2. The molecule has 9 heteroatoms. The molecule has 9 nitrogen and oxygen atoms in total. The van der Waals surface area contributed by atoms with E-state index in [1.54, 1.807) is 98.8 Å². The van der Waals surface area contributed by atoms with Crippen molar-refractivity contribution >= 4 is 23.6 Å². The number of amides is 2. The lowest BCUT2D eigenvalue weighted by Gasteiger charge is -2.17. The van der Waals surface area contributed by atoms with Gasteiger partial charge in [-0.25, -0.2) is 9.59 Å². The zero-order chi connectivity index (χ0) is 27.8. The third kappa shape index (κ3) is 6.98. The molecule has 0 saturated heterocycles. The Morgan fingerprint density at radius 3 is 1.46 bits per heavy atom. The van der Waals surface area contributed by atoms with Gasteiger partial charge in [0.25, 0.3) is 0 Å². The van der Waals surface area contributed by atoms with Gasteiger partial charge in [0.15, 0.2) is 0 Å². The van der Waals surface area contributed by atoms with E-state index in [1.807, 2.05) is 0 Å². The van der Waals surface area contributed by atoms with Crippen LogP contribution >= 0.6 is 0 Å². The molecule has 0 unspecified atom stereocenters. The number of benzene rings is 4. The Morgan fingerprint density at radius 2 is 1.08 bits per heavy atom. The number of hydrogen-bond donors (Lipinski definition) is 4. The van der Waals surface area contributed by atoms with E-state index < -0.39 is 12.2 Å². The van der Waals surface area contributed by atoms with Crippen LogP contribution in [0.25, 0.3) is 22.3 Å². The van der Waals surface area contributed by atoms with Gasteiger partial charge in [-0.2, -0.15) is 0 Å². The fourth-order valence-electron chi connectivity index (χ4n) is 3.88. The monoisotopic (exact) mass is 528 g/mol. The summed E-state index contributed by atoms with van der Waals surface area (Å²) >= 11 is 0. The average Bonchev–Trinajstić information content (AvgIpc) is 2.90. The summed E-state index contributed by atoms with van der Waals surface area (Å²) in [5.41, 5.74) is 3.43. The summed E-state index contributed by atoms with van der Waals surface area (Å²) in [4.78, 5) is 24.0. The molecule has 0 fully saturated rings. The molecule has 0 aliphatic rings. The summed E-state index contributed by atoms with van der Waals surface area (Å²) in [7, 11) is 0. The van der Waals surface area contributed by atoms with E-state index in [1.165, 1.54) is 0 Å². The van der Waals surface area contributed by atoms with Crippen molar-refractivity contribution in [2.24, 2.45) is 0 Å². The summed E-state index contributed by atoms with van der Waals surface area (Å²) in [6.45, 7) is 3.88. The highest BCUT2D eigenvalue weighted by molar-refractivity contribution is 5.88. The molecule has 0 saturated carbocycles. The molecule has 4 aromatic rings. The Morgan fingerprint density at radius 1 is 0.641 bits per heavy atom. The molecule has 0 aromatic heterocycles. The van der Waals surface area contributed by atoms with Crippen molar-refractivity contribution < 1.29 is 34.0 Å². The minimum Gasteiger partial charge on any atom is -0.508 e. The van der Waals surface area contributed by atoms with Crippen molar-refractivity contribution in [2.75, 3.05) is 23.8 Å². The number of carbonyl (C=O) groups excluding carboxylic acids is 2. The Bertz CT molecular complexity index is 1380. The number of phenols is 2. The van der Waals surface area contributed by atoms with Gasteiger partial charge in [0.05, 0.1) is 13.2 Å². The number of phenolic OH excluding ortho intramolecular Hbond substituents is 2. The molecule has 4 aromatic carbocycles. The minimum atomic E-state index is -0.594. The molecule has 39 heavy (non-hydrogen) atoms. The summed E-state index contributed by atoms with van der Waals surface area (Å²) in [6, 6.07) is 23.4. The first-order chi connectivity index (χ1) is 18.9. The Balaban J connectivity index is 1.78. The number of rotatable bonds is 8. The van der Waals surface area contributed by atoms with Crippen LogP contribution in [0, 0.1) is 0 Å². The van der Waals surface area contributed by atoms with Crippen LogP contribution in [0.5, 0.6) is 23.0 Å². The minimum absolute atomic E-state index is 0.0667. The summed E-state index contributed by atoms with van der Waals surface area (Å²) in [5, 5.41) is 25.6. The molecule has 200 valence electrons. The lowest BCUT2D eigenvalue weighted by Crippen LogP contribution is -2.13. The second-order valence-corrected chi connectivity index (χ2v) is 8.32. The number of hydrogen-bond acceptors (Lipinski definition) is 7. The maximum atomic E-state index is 12.0. The number of aromatic hydroxyl groups is 2. The van der Waals surface area contributed by atoms with Crippen molar-refractivity contribution in [1.82, 2.24) is 0 Å². The van der Waals surface area contributed by atoms with Crippen molar-refractivity contribution in [3.63, 3.8) is 0 Å². The highest BCUT2D eigenvalue weighted by Crippen LogP contribution is 2.41. The zero-order valence-electron chi connectivity index (χ0n) is 21.4. The van der Waals surface area contributed by atoms with E-state index in [0.717, 1.165) is 0 Å². The fourth-order valence-corrected chi connectivity index (χ4v) is 3.88. The van der Waals surface area contributed by atoms with Crippen molar-refractivity contribution in [1.29, 1.82) is 0 Å². The summed E-state index contributed by atoms with van der Waals surface area (Å²) < 4.78 is 16.4. The molecule has 0 atom stereocenters. The second-order valence-electron chi connectivity index (χ2n) is 8.32. The highest BCUT2D eigenvalue weighted by atomic mass is 16.6. The number of nitrogens with one attached hydrogen (secondary N) is 2. The van der Waals surface area contributed by atoms with E-state index in [9.17, 15) is 19.8 Å². The normalized spacial score (nSPS) is 10.4. The first-order valence-corrected chi connectivity index (χ1v) is 12.3. The molecule has 0 bridgehead atoms. The second kappa shape index (κ2) is 12.4. The van der Waals surface area contributed by atoms with Gasteiger partial charge in [-0.05, 0) is 85.6 Å². The first kappa shape index (κ1) is 26.9. The topological polar surface area (TPSA) is 126 Å². The van der Waals surface area contributed by atoms with Crippen LogP contribution in [0.4, 0.5) is 21.0 Å². The van der Waals surface area contributed by atoms with Gasteiger partial charge in [-0.15, -0.1) is 0 Å². The van der Waals surface area contributed by atoms with Crippen LogP contribution in [0.2, 0.25) is 0 Å². The molecular weight excluding hydrogens is 500 g/mol. The largest absolute Gasteiger partial charge is 0.508 e. The van der Waals surface area contributed by atoms with E-state index in [0.29, 0.717) is 45.1 Å². The standard InChI is InChI=1S/C30H28N2O7/c1-3-37-29(35)31-21-11-13-27(25(17-21)19-7-5-9-23(33)15-19)39-28-14-12-22(32-30(36)38-4-2)18-26(28)20-8-6-10-24(34)16-20/h5-18,33-34H,3-4H2,1-2H3,(H,31,35)(H,32,36). The Hall–Kier alpha value is -5.18. The highest BCUT2D eigenvalue weighted by Gasteiger charge is 2.16. The van der Waals surface area contributed by atoms with Crippen LogP contribution in [-0.2, 0) is 9.47 Å². The fraction of sp³-hybridized carbons (Fsp3) is 0.133. The molecule has 0 aliphatic carbocycles. The molecule has 0 spiro atoms. The van der Waals surface area contributed by atoms with Gasteiger partial charge in [0, 0.05) is 22.5 Å². The summed E-state index contributed by atoms with van der Waals surface area (Å²) in [6.07, 6.45) is -1.19. The smallest absolute Gasteiger partial charge is 0.411 e. The lowest BCUT2D eigenvalue weighted by molar-refractivity contribution is 0.167. The van der Waals surface area contributed by atoms with E-state index in [4.69, 9.17) is 14.2 Å². The van der Waals surface area contributed by atoms with Crippen molar-refractivity contribution in [3.8, 4) is 45.3 Å². The molecular formula is C30H28N2O7. The average molecular weight is 529 g/mol. The van der Waals surface area contributed by atoms with Crippen molar-refractivity contribution in [2.45, 2.75) is 13.8 Å². The van der Waals surface area contributed by atoms with Gasteiger partial charge < -0.3 is 24.4 Å². The van der Waals surface area contributed by atoms with Crippen LogP contribution in [0.15, 0.2) is 84.9 Å². The quantitative estimate of drug-likeness (QED) is 0.188. The van der Waals surface area contributed by atoms with Crippen molar-refractivity contribution in [3.05, 3.63) is 84.9 Å². The van der Waals surface area contributed by atoms with E-state index in [2.05, 4.69) is 10.6 Å². The van der Waals surface area contributed by atoms with Gasteiger partial charge in [-0.1, -0.05) is 24.3 Å². The Labute approximate surface area is 225 Å². The van der Waals surface area contributed by atoms with Gasteiger partial charge in [0.1, 0.15) is 23.0 Å². The maximum Gasteiger partial charge on any atom is 0.411 e. The maximum absolute atomic E-state index is 12.0. The van der Waals surface area contributed by atoms with Gasteiger partial charge in [0.2, 0.25) is 0 Å². The van der Waals surface area contributed by atoms with E-state index in [-0.39, 0.29) is 24.7 Å². The van der Waals surface area contributed by atoms with Crippen LogP contribution in [-0.4, -0.2) is 35.6 Å². The molecule has 0 aliphatic heterocycles. The summed E-state index contributed by atoms with van der Waals surface area (Å²) in [5.74, 6) is 0.999. The van der Waals surface area contributed by atoms with Gasteiger partial charge in [-0.3, -0.25) is 10.6 Å². The zero-order valence-corrected chi connectivity index (χ0v) is 21.4. The molecule has 4 N–H and O–H groups in total. The van der Waals surface area contributed by atoms with Gasteiger partial charge >= 0.3 is 12.2 Å². The molecule has 2 amide bonds. The third-order valence-electron chi connectivity index (χ3n) is 5.54. The lowest BCUT2D eigenvalue weighted by atomic mass is 10.0. The SMILES string of the molecule is CCOC(=O)Nc1ccc(Oc2ccc(NC(=O)OCC)cc2-c2cccc(O)c2)c(-c2cccc(O)c2)c1. The van der Waals surface area contributed by atoms with Crippen LogP contribution in [0.1, 0.15) is 13.8 Å². The Kier molecular flexibility index (Phi) is 8.53. The number of ether oxygens (including phenoxy) is 3. The molecule has 0 heterocycles. The van der Waals surface area contributed by atoms with E-state index >= 15 is 0 Å². The molecule has 4 rings (SSSR count). The predicted molar refractivity (Wildman–Crippen MR) is 148 cm³/mol. The van der Waals surface area contributed by atoms with Crippen LogP contribution in [0.3, 0.4) is 0 Å². The van der Waals surface area contributed by atoms with Crippen LogP contribution < -0.4 is 15.4 Å². The first-order valence-electron chi connectivity index (χ1n) is 12.3.